The van der Waals surface area contributed by atoms with Crippen molar-refractivity contribution in [3.8, 4) is 0 Å². The Morgan fingerprint density at radius 3 is 2.82 bits per heavy atom. The average Bonchev–Trinajstić information content (AvgIpc) is 2.71. The van der Waals surface area contributed by atoms with Crippen molar-refractivity contribution < 1.29 is 15.0 Å². The molecular formula is C14H18O3. The number of hydrogen-bond acceptors (Lipinski definition) is 2. The molecule has 3 nitrogen and oxygen atoms in total. The predicted octanol–water partition coefficient (Wildman–Crippen LogP) is 2.25. The topological polar surface area (TPSA) is 57.5 Å². The van der Waals surface area contributed by atoms with Crippen LogP contribution in [0.1, 0.15) is 42.4 Å². The van der Waals surface area contributed by atoms with Crippen molar-refractivity contribution in [1.82, 2.24) is 0 Å². The zero-order valence-corrected chi connectivity index (χ0v) is 10.2. The van der Waals surface area contributed by atoms with E-state index in [1.807, 2.05) is 25.1 Å². The SMILES string of the molecule is CCC(O)(C(=O)O)C1CCc2ccc(C)cc21. The minimum Gasteiger partial charge on any atom is -0.479 e. The van der Waals surface area contributed by atoms with Crippen molar-refractivity contribution in [2.45, 2.75) is 44.6 Å². The van der Waals surface area contributed by atoms with Crippen LogP contribution < -0.4 is 0 Å². The molecule has 1 aliphatic rings. The molecular weight excluding hydrogens is 216 g/mol. The normalized spacial score (nSPS) is 21.9. The quantitative estimate of drug-likeness (QED) is 0.843. The molecule has 0 aliphatic heterocycles. The Kier molecular flexibility index (Phi) is 2.96. The summed E-state index contributed by atoms with van der Waals surface area (Å²) >= 11 is 0. The van der Waals surface area contributed by atoms with Crippen LogP contribution in [0.25, 0.3) is 0 Å². The fraction of sp³-hybridized carbons (Fsp3) is 0.500. The highest BCUT2D eigenvalue weighted by Crippen LogP contribution is 2.42. The lowest BCUT2D eigenvalue weighted by Gasteiger charge is -2.29. The predicted molar refractivity (Wildman–Crippen MR) is 65.1 cm³/mol. The highest BCUT2D eigenvalue weighted by Gasteiger charge is 2.45. The van der Waals surface area contributed by atoms with Gasteiger partial charge in [-0.1, -0.05) is 30.7 Å². The maximum absolute atomic E-state index is 11.3. The smallest absolute Gasteiger partial charge is 0.336 e. The van der Waals surface area contributed by atoms with Gasteiger partial charge in [-0.25, -0.2) is 4.79 Å². The third kappa shape index (κ3) is 1.84. The Morgan fingerprint density at radius 2 is 2.24 bits per heavy atom. The van der Waals surface area contributed by atoms with Gasteiger partial charge in [-0.15, -0.1) is 0 Å². The summed E-state index contributed by atoms with van der Waals surface area (Å²) in [5, 5.41) is 19.6. The summed E-state index contributed by atoms with van der Waals surface area (Å²) in [4.78, 5) is 11.3. The molecule has 3 heteroatoms. The van der Waals surface area contributed by atoms with Gasteiger partial charge in [0.1, 0.15) is 0 Å². The molecule has 2 rings (SSSR count). The van der Waals surface area contributed by atoms with Crippen molar-refractivity contribution >= 4 is 5.97 Å². The van der Waals surface area contributed by atoms with Gasteiger partial charge in [-0.05, 0) is 37.3 Å². The second-order valence-corrected chi connectivity index (χ2v) is 4.88. The minimum absolute atomic E-state index is 0.236. The van der Waals surface area contributed by atoms with E-state index in [4.69, 9.17) is 0 Å². The third-order valence-corrected chi connectivity index (χ3v) is 3.86. The molecule has 0 heterocycles. The maximum atomic E-state index is 11.3. The lowest BCUT2D eigenvalue weighted by molar-refractivity contribution is -0.161. The van der Waals surface area contributed by atoms with Gasteiger partial charge in [0.05, 0.1) is 0 Å². The molecule has 0 radical (unpaired) electrons. The lowest BCUT2D eigenvalue weighted by atomic mass is 9.81. The van der Waals surface area contributed by atoms with Crippen LogP contribution in [-0.4, -0.2) is 21.8 Å². The molecule has 0 amide bonds. The van der Waals surface area contributed by atoms with E-state index in [0.29, 0.717) is 0 Å². The van der Waals surface area contributed by atoms with Crippen molar-refractivity contribution in [2.24, 2.45) is 0 Å². The van der Waals surface area contributed by atoms with E-state index in [1.54, 1.807) is 6.92 Å². The largest absolute Gasteiger partial charge is 0.479 e. The molecule has 92 valence electrons. The molecule has 1 aliphatic carbocycles. The van der Waals surface area contributed by atoms with Crippen molar-refractivity contribution in [1.29, 1.82) is 0 Å². The van der Waals surface area contributed by atoms with E-state index in [1.165, 1.54) is 5.56 Å². The molecule has 1 aromatic carbocycles. The summed E-state index contributed by atoms with van der Waals surface area (Å²) in [7, 11) is 0. The van der Waals surface area contributed by atoms with Crippen molar-refractivity contribution in [2.75, 3.05) is 0 Å². The van der Waals surface area contributed by atoms with E-state index in [2.05, 4.69) is 0 Å². The molecule has 17 heavy (non-hydrogen) atoms. The van der Waals surface area contributed by atoms with Gasteiger partial charge in [0.25, 0.3) is 0 Å². The zero-order chi connectivity index (χ0) is 12.6. The van der Waals surface area contributed by atoms with E-state index in [9.17, 15) is 15.0 Å². The third-order valence-electron chi connectivity index (χ3n) is 3.86. The van der Waals surface area contributed by atoms with Crippen LogP contribution in [0.15, 0.2) is 18.2 Å². The van der Waals surface area contributed by atoms with Gasteiger partial charge in [0, 0.05) is 5.92 Å². The first-order chi connectivity index (χ1) is 7.99. The van der Waals surface area contributed by atoms with Crippen LogP contribution in [0, 0.1) is 6.92 Å². The Labute approximate surface area is 101 Å². The Morgan fingerprint density at radius 1 is 1.53 bits per heavy atom. The first-order valence-corrected chi connectivity index (χ1v) is 6.04. The maximum Gasteiger partial charge on any atom is 0.336 e. The van der Waals surface area contributed by atoms with E-state index in [-0.39, 0.29) is 12.3 Å². The second kappa shape index (κ2) is 4.15. The van der Waals surface area contributed by atoms with E-state index in [0.717, 1.165) is 24.0 Å². The fourth-order valence-corrected chi connectivity index (χ4v) is 2.76. The monoisotopic (exact) mass is 234 g/mol. The Bertz CT molecular complexity index is 453. The summed E-state index contributed by atoms with van der Waals surface area (Å²) in [6.45, 7) is 3.71. The lowest BCUT2D eigenvalue weighted by Crippen LogP contribution is -2.43. The number of rotatable bonds is 3. The summed E-state index contributed by atoms with van der Waals surface area (Å²) in [5.41, 5.74) is 1.67. The average molecular weight is 234 g/mol. The van der Waals surface area contributed by atoms with Gasteiger partial charge in [0.15, 0.2) is 5.60 Å². The molecule has 0 fully saturated rings. The van der Waals surface area contributed by atoms with E-state index < -0.39 is 11.6 Å². The van der Waals surface area contributed by atoms with Crippen molar-refractivity contribution in [3.05, 3.63) is 34.9 Å². The van der Waals surface area contributed by atoms with E-state index >= 15 is 0 Å². The van der Waals surface area contributed by atoms with Crippen molar-refractivity contribution in [3.63, 3.8) is 0 Å². The molecule has 1 aromatic rings. The first-order valence-electron chi connectivity index (χ1n) is 6.04. The number of aryl methyl sites for hydroxylation is 2. The number of aliphatic hydroxyl groups is 1. The number of carboxylic acid groups (broad SMARTS) is 1. The Balaban J connectivity index is 2.45. The minimum atomic E-state index is -1.63. The van der Waals surface area contributed by atoms with Crippen LogP contribution in [-0.2, 0) is 11.2 Å². The molecule has 0 saturated heterocycles. The van der Waals surface area contributed by atoms with Crippen LogP contribution in [0.3, 0.4) is 0 Å². The molecule has 2 unspecified atom stereocenters. The number of hydrogen-bond donors (Lipinski definition) is 2. The van der Waals surface area contributed by atoms with Crippen LogP contribution in [0.4, 0.5) is 0 Å². The summed E-state index contributed by atoms with van der Waals surface area (Å²) in [5.74, 6) is -1.39. The van der Waals surface area contributed by atoms with Gasteiger partial charge in [-0.2, -0.15) is 0 Å². The molecule has 0 saturated carbocycles. The van der Waals surface area contributed by atoms with Gasteiger partial charge in [0.2, 0.25) is 0 Å². The first kappa shape index (κ1) is 12.1. The number of carbonyl (C=O) groups is 1. The van der Waals surface area contributed by atoms with Gasteiger partial charge < -0.3 is 10.2 Å². The second-order valence-electron chi connectivity index (χ2n) is 4.88. The van der Waals surface area contributed by atoms with Crippen LogP contribution >= 0.6 is 0 Å². The zero-order valence-electron chi connectivity index (χ0n) is 10.2. The molecule has 0 bridgehead atoms. The number of fused-ring (bicyclic) bond motifs is 1. The fourth-order valence-electron chi connectivity index (χ4n) is 2.76. The number of carboxylic acids is 1. The number of benzene rings is 1. The molecule has 0 spiro atoms. The van der Waals surface area contributed by atoms with Crippen LogP contribution in [0.2, 0.25) is 0 Å². The molecule has 2 atom stereocenters. The standard InChI is InChI=1S/C14H18O3/c1-3-14(17,13(15)16)12-7-6-10-5-4-9(2)8-11(10)12/h4-5,8,12,17H,3,6-7H2,1-2H3,(H,15,16). The van der Waals surface area contributed by atoms with Gasteiger partial charge in [-0.3, -0.25) is 0 Å². The highest BCUT2D eigenvalue weighted by atomic mass is 16.4. The summed E-state index contributed by atoms with van der Waals surface area (Å²) in [6, 6.07) is 6.09. The highest BCUT2D eigenvalue weighted by molar-refractivity contribution is 5.79. The molecule has 0 aromatic heterocycles. The summed E-state index contributed by atoms with van der Waals surface area (Å²) < 4.78 is 0. The van der Waals surface area contributed by atoms with Gasteiger partial charge >= 0.3 is 5.97 Å². The van der Waals surface area contributed by atoms with Crippen LogP contribution in [0.5, 0.6) is 0 Å². The Hall–Kier alpha value is -1.35. The number of aliphatic carboxylic acids is 1. The summed E-state index contributed by atoms with van der Waals surface area (Å²) in [6.07, 6.45) is 1.81. The molecule has 2 N–H and O–H groups in total.